The number of hydrogen-bond acceptors (Lipinski definition) is 7. The van der Waals surface area contributed by atoms with Gasteiger partial charge in [-0.25, -0.2) is 0 Å². The van der Waals surface area contributed by atoms with E-state index < -0.39 is 0 Å². The zero-order chi connectivity index (χ0) is 23.5. The molecule has 174 valence electrons. The fourth-order valence-electron chi connectivity index (χ4n) is 4.02. The lowest BCUT2D eigenvalue weighted by Crippen LogP contribution is -2.49. The van der Waals surface area contributed by atoms with Gasteiger partial charge in [-0.2, -0.15) is 0 Å². The van der Waals surface area contributed by atoms with E-state index >= 15 is 0 Å². The predicted octanol–water partition coefficient (Wildman–Crippen LogP) is 3.49. The number of fused-ring (bicyclic) bond motifs is 1. The van der Waals surface area contributed by atoms with Gasteiger partial charge in [-0.1, -0.05) is 6.07 Å². The number of carbonyl (C=O) groups excluding carboxylic acids is 1. The summed E-state index contributed by atoms with van der Waals surface area (Å²) in [6.07, 6.45) is 1.40. The van der Waals surface area contributed by atoms with E-state index in [1.807, 2.05) is 13.8 Å². The average Bonchev–Trinajstić information content (AvgIpc) is 2.81. The van der Waals surface area contributed by atoms with Crippen molar-refractivity contribution < 1.29 is 28.2 Å². The molecule has 0 radical (unpaired) electrons. The predicted molar refractivity (Wildman–Crippen MR) is 123 cm³/mol. The minimum Gasteiger partial charge on any atom is -0.493 e. The van der Waals surface area contributed by atoms with E-state index in [1.54, 1.807) is 48.4 Å². The summed E-state index contributed by atoms with van der Waals surface area (Å²) in [6, 6.07) is 10.2. The molecule has 1 fully saturated rings. The van der Waals surface area contributed by atoms with Crippen molar-refractivity contribution in [3.63, 3.8) is 0 Å². The maximum absolute atomic E-state index is 13.1. The maximum Gasteiger partial charge on any atom is 0.260 e. The highest BCUT2D eigenvalue weighted by Crippen LogP contribution is 2.32. The number of carbonyl (C=O) groups is 1. The monoisotopic (exact) mass is 453 g/mol. The van der Waals surface area contributed by atoms with Gasteiger partial charge >= 0.3 is 0 Å². The second-order valence-corrected chi connectivity index (χ2v) is 8.05. The number of benzene rings is 2. The second kappa shape index (κ2) is 9.54. The molecule has 1 aliphatic heterocycles. The summed E-state index contributed by atoms with van der Waals surface area (Å²) in [5.74, 6) is 1.44. The third-order valence-electron chi connectivity index (χ3n) is 5.58. The minimum absolute atomic E-state index is 0.00694. The van der Waals surface area contributed by atoms with Gasteiger partial charge < -0.3 is 28.3 Å². The van der Waals surface area contributed by atoms with Crippen molar-refractivity contribution in [1.82, 2.24) is 4.90 Å². The van der Waals surface area contributed by atoms with Crippen LogP contribution in [0.2, 0.25) is 0 Å². The fraction of sp³-hybridized carbons (Fsp3) is 0.360. The molecule has 1 aliphatic rings. The maximum atomic E-state index is 13.1. The second-order valence-electron chi connectivity index (χ2n) is 8.05. The van der Waals surface area contributed by atoms with Crippen LogP contribution in [-0.4, -0.2) is 56.9 Å². The Morgan fingerprint density at radius 3 is 2.45 bits per heavy atom. The number of methoxy groups -OCH3 is 2. The molecule has 1 saturated heterocycles. The molecular formula is C25H27NO7. The summed E-state index contributed by atoms with van der Waals surface area (Å²) in [6.45, 7) is 4.87. The molecule has 0 unspecified atom stereocenters. The third kappa shape index (κ3) is 4.80. The summed E-state index contributed by atoms with van der Waals surface area (Å²) < 4.78 is 27.7. The molecule has 8 nitrogen and oxygen atoms in total. The molecule has 0 saturated carbocycles. The van der Waals surface area contributed by atoms with E-state index in [0.717, 1.165) is 0 Å². The molecule has 8 heteroatoms. The first-order valence-electron chi connectivity index (χ1n) is 10.7. The fourth-order valence-corrected chi connectivity index (χ4v) is 4.02. The standard InChI is InChI=1S/C25H27NO7/c1-15-11-26(12-16(2)33-15)24(27)14-31-18-6-7-19-22(10-18)32-13-20(25(19)28)17-5-8-21(29-3)23(9-17)30-4/h5-10,13,15-16H,11-12,14H2,1-4H3/t15-,16-/m1/s1. The van der Waals surface area contributed by atoms with Gasteiger partial charge in [0, 0.05) is 19.2 Å². The molecule has 2 atom stereocenters. The summed E-state index contributed by atoms with van der Waals surface area (Å²) in [4.78, 5) is 27.4. The van der Waals surface area contributed by atoms with Gasteiger partial charge in [0.15, 0.2) is 23.5 Å². The largest absolute Gasteiger partial charge is 0.493 e. The number of amides is 1. The first-order chi connectivity index (χ1) is 15.9. The highest BCUT2D eigenvalue weighted by molar-refractivity contribution is 5.83. The van der Waals surface area contributed by atoms with Crippen LogP contribution in [0.3, 0.4) is 0 Å². The van der Waals surface area contributed by atoms with Crippen LogP contribution < -0.4 is 19.6 Å². The van der Waals surface area contributed by atoms with E-state index in [0.29, 0.717) is 52.4 Å². The molecule has 0 aliphatic carbocycles. The molecule has 4 rings (SSSR count). The van der Waals surface area contributed by atoms with Gasteiger partial charge in [-0.05, 0) is 43.7 Å². The first-order valence-corrected chi connectivity index (χ1v) is 10.7. The highest BCUT2D eigenvalue weighted by atomic mass is 16.5. The van der Waals surface area contributed by atoms with Crippen LogP contribution in [0.5, 0.6) is 17.2 Å². The zero-order valence-electron chi connectivity index (χ0n) is 19.1. The van der Waals surface area contributed by atoms with Crippen LogP contribution in [0.15, 0.2) is 51.9 Å². The van der Waals surface area contributed by atoms with E-state index in [9.17, 15) is 9.59 Å². The minimum atomic E-state index is -0.178. The molecule has 2 aromatic carbocycles. The number of morpholine rings is 1. The molecule has 0 N–H and O–H groups in total. The van der Waals surface area contributed by atoms with Crippen LogP contribution in [0.25, 0.3) is 22.1 Å². The quantitative estimate of drug-likeness (QED) is 0.565. The number of nitrogens with zero attached hydrogens (tertiary/aromatic N) is 1. The Balaban J connectivity index is 1.52. The lowest BCUT2D eigenvalue weighted by atomic mass is 10.0. The Kier molecular flexibility index (Phi) is 6.55. The smallest absolute Gasteiger partial charge is 0.260 e. The van der Waals surface area contributed by atoms with Crippen LogP contribution in [0.4, 0.5) is 0 Å². The van der Waals surface area contributed by atoms with E-state index in [-0.39, 0.29) is 30.2 Å². The lowest BCUT2D eigenvalue weighted by Gasteiger charge is -2.35. The molecule has 0 bridgehead atoms. The Labute approximate surface area is 191 Å². The molecule has 3 aromatic rings. The van der Waals surface area contributed by atoms with Crippen molar-refractivity contribution in [1.29, 1.82) is 0 Å². The van der Waals surface area contributed by atoms with Crippen molar-refractivity contribution in [2.45, 2.75) is 26.1 Å². The number of rotatable bonds is 6. The van der Waals surface area contributed by atoms with Crippen molar-refractivity contribution in [3.05, 3.63) is 52.9 Å². The summed E-state index contributed by atoms with van der Waals surface area (Å²) in [5, 5.41) is 0.414. The Hall–Kier alpha value is -3.52. The van der Waals surface area contributed by atoms with Crippen LogP contribution in [-0.2, 0) is 9.53 Å². The van der Waals surface area contributed by atoms with Crippen molar-refractivity contribution in [2.24, 2.45) is 0 Å². The van der Waals surface area contributed by atoms with Gasteiger partial charge in [-0.3, -0.25) is 9.59 Å². The topological polar surface area (TPSA) is 87.4 Å². The van der Waals surface area contributed by atoms with Gasteiger partial charge in [0.25, 0.3) is 5.91 Å². The average molecular weight is 453 g/mol. The van der Waals surface area contributed by atoms with Crippen molar-refractivity contribution >= 4 is 16.9 Å². The van der Waals surface area contributed by atoms with Gasteiger partial charge in [0.05, 0.1) is 37.4 Å². The molecule has 0 spiro atoms. The van der Waals surface area contributed by atoms with E-state index in [1.165, 1.54) is 13.4 Å². The van der Waals surface area contributed by atoms with Crippen LogP contribution in [0, 0.1) is 0 Å². The van der Waals surface area contributed by atoms with Crippen LogP contribution >= 0.6 is 0 Å². The number of hydrogen-bond donors (Lipinski definition) is 0. The molecule has 1 amide bonds. The van der Waals surface area contributed by atoms with Gasteiger partial charge in [0.2, 0.25) is 0 Å². The molecule has 2 heterocycles. The first kappa shape index (κ1) is 22.7. The Bertz CT molecular complexity index is 1210. The molecular weight excluding hydrogens is 426 g/mol. The Morgan fingerprint density at radius 2 is 1.76 bits per heavy atom. The van der Waals surface area contributed by atoms with Crippen molar-refractivity contribution in [3.8, 4) is 28.4 Å². The number of ether oxygens (including phenoxy) is 4. The molecule has 33 heavy (non-hydrogen) atoms. The Morgan fingerprint density at radius 1 is 1.03 bits per heavy atom. The SMILES string of the molecule is COc1ccc(-c2coc3cc(OCC(=O)N4C[C@@H](C)O[C@H](C)C4)ccc3c2=O)cc1OC. The third-order valence-corrected chi connectivity index (χ3v) is 5.58. The lowest BCUT2D eigenvalue weighted by molar-refractivity contribution is -0.145. The molecule has 1 aromatic heterocycles. The van der Waals surface area contributed by atoms with Crippen molar-refractivity contribution in [2.75, 3.05) is 33.9 Å². The normalized spacial score (nSPS) is 18.2. The summed E-state index contributed by atoms with van der Waals surface area (Å²) in [7, 11) is 3.09. The zero-order valence-corrected chi connectivity index (χ0v) is 19.1. The van der Waals surface area contributed by atoms with Gasteiger partial charge in [-0.15, -0.1) is 0 Å². The highest BCUT2D eigenvalue weighted by Gasteiger charge is 2.26. The summed E-state index contributed by atoms with van der Waals surface area (Å²) in [5.41, 5.74) is 1.26. The van der Waals surface area contributed by atoms with Gasteiger partial charge in [0.1, 0.15) is 17.6 Å². The van der Waals surface area contributed by atoms with E-state index in [2.05, 4.69) is 0 Å². The summed E-state index contributed by atoms with van der Waals surface area (Å²) >= 11 is 0. The van der Waals surface area contributed by atoms with E-state index in [4.69, 9.17) is 23.4 Å². The van der Waals surface area contributed by atoms with Crippen LogP contribution in [0.1, 0.15) is 13.8 Å².